The van der Waals surface area contributed by atoms with Crippen LogP contribution in [0.15, 0.2) is 67.0 Å². The van der Waals surface area contributed by atoms with Crippen LogP contribution >= 0.6 is 0 Å². The number of carbonyl (C=O) groups is 2. The fourth-order valence-electron chi connectivity index (χ4n) is 4.08. The summed E-state index contributed by atoms with van der Waals surface area (Å²) in [6, 6.07) is 15.0. The maximum atomic E-state index is 12.9. The van der Waals surface area contributed by atoms with Gasteiger partial charge in [0.15, 0.2) is 0 Å². The maximum absolute atomic E-state index is 12.9. The molecule has 35 heavy (non-hydrogen) atoms. The van der Waals surface area contributed by atoms with Gasteiger partial charge < -0.3 is 20.3 Å². The second kappa shape index (κ2) is 10.6. The first-order valence-electron chi connectivity index (χ1n) is 11.1. The Morgan fingerprint density at radius 3 is 2.54 bits per heavy atom. The monoisotopic (exact) mass is 475 g/mol. The highest BCUT2D eigenvalue weighted by Gasteiger charge is 2.28. The van der Waals surface area contributed by atoms with Gasteiger partial charge in [-0.05, 0) is 43.2 Å². The van der Waals surface area contributed by atoms with Crippen molar-refractivity contribution in [2.45, 2.75) is 12.8 Å². The minimum atomic E-state index is -0.385. The number of amides is 2. The molecule has 10 nitrogen and oxygen atoms in total. The summed E-state index contributed by atoms with van der Waals surface area (Å²) in [5.41, 5.74) is 2.08. The predicted molar refractivity (Wildman–Crippen MR) is 132 cm³/mol. The molecule has 2 aromatic carbocycles. The Kier molecular flexibility index (Phi) is 7.20. The average molecular weight is 476 g/mol. The van der Waals surface area contributed by atoms with E-state index in [4.69, 9.17) is 4.74 Å². The molecule has 1 aliphatic heterocycles. The molecule has 2 heterocycles. The number of hydrogen-bond donors (Lipinski definition) is 2. The van der Waals surface area contributed by atoms with Gasteiger partial charge in [-0.1, -0.05) is 12.1 Å². The van der Waals surface area contributed by atoms with Crippen LogP contribution in [0.1, 0.15) is 23.2 Å². The van der Waals surface area contributed by atoms with Crippen LogP contribution in [-0.2, 0) is 4.79 Å². The van der Waals surface area contributed by atoms with Crippen LogP contribution in [0, 0.1) is 16.0 Å². The van der Waals surface area contributed by atoms with E-state index in [2.05, 4.69) is 15.6 Å². The van der Waals surface area contributed by atoms with E-state index < -0.39 is 0 Å². The molecule has 0 aliphatic carbocycles. The van der Waals surface area contributed by atoms with Gasteiger partial charge in [-0.15, -0.1) is 0 Å². The zero-order valence-electron chi connectivity index (χ0n) is 19.1. The number of carbonyl (C=O) groups excluding carboxylic acids is 2. The number of aromatic nitrogens is 1. The predicted octanol–water partition coefficient (Wildman–Crippen LogP) is 4.11. The Morgan fingerprint density at radius 2 is 1.86 bits per heavy atom. The van der Waals surface area contributed by atoms with Crippen LogP contribution in [0.5, 0.6) is 5.75 Å². The van der Waals surface area contributed by atoms with Crippen molar-refractivity contribution in [3.8, 4) is 5.75 Å². The number of pyridine rings is 1. The molecule has 0 spiro atoms. The van der Waals surface area contributed by atoms with Crippen molar-refractivity contribution in [3.63, 3.8) is 0 Å². The lowest BCUT2D eigenvalue weighted by molar-refractivity contribution is -0.384. The summed E-state index contributed by atoms with van der Waals surface area (Å²) in [6.45, 7) is 1.09. The number of para-hydroxylation sites is 2. The van der Waals surface area contributed by atoms with Crippen LogP contribution in [-0.4, -0.2) is 41.9 Å². The molecule has 0 atom stereocenters. The van der Waals surface area contributed by atoms with E-state index in [-0.39, 0.29) is 28.3 Å². The van der Waals surface area contributed by atoms with Gasteiger partial charge in [-0.2, -0.15) is 0 Å². The molecular weight excluding hydrogens is 450 g/mol. The average Bonchev–Trinajstić information content (AvgIpc) is 2.90. The number of ether oxygens (including phenoxy) is 1. The molecule has 0 bridgehead atoms. The Hall–Kier alpha value is -4.47. The maximum Gasteiger partial charge on any atom is 0.292 e. The molecule has 2 amide bonds. The topological polar surface area (TPSA) is 127 Å². The number of hydrogen-bond acceptors (Lipinski definition) is 7. The first-order valence-corrected chi connectivity index (χ1v) is 11.1. The second-order valence-corrected chi connectivity index (χ2v) is 8.11. The molecule has 3 aromatic rings. The van der Waals surface area contributed by atoms with Gasteiger partial charge in [0.2, 0.25) is 5.91 Å². The van der Waals surface area contributed by atoms with Crippen LogP contribution in [0.2, 0.25) is 0 Å². The first kappa shape index (κ1) is 23.7. The van der Waals surface area contributed by atoms with Crippen LogP contribution in [0.3, 0.4) is 0 Å². The largest absolute Gasteiger partial charge is 0.494 e. The minimum Gasteiger partial charge on any atom is -0.494 e. The fraction of sp³-hybridized carbons (Fsp3) is 0.240. The molecule has 0 unspecified atom stereocenters. The number of benzene rings is 2. The number of piperidine rings is 1. The van der Waals surface area contributed by atoms with Gasteiger partial charge >= 0.3 is 0 Å². The SMILES string of the molecule is COc1cc(NC(=O)C2CCN(c3ccccc3[N+](=O)[O-])CC2)ccc1NC(=O)c1cccnc1. The number of anilines is 3. The van der Waals surface area contributed by atoms with E-state index in [1.54, 1.807) is 54.7 Å². The van der Waals surface area contributed by atoms with Gasteiger partial charge in [-0.25, -0.2) is 0 Å². The van der Waals surface area contributed by atoms with Crippen molar-refractivity contribution in [2.75, 3.05) is 35.7 Å². The van der Waals surface area contributed by atoms with E-state index in [1.165, 1.54) is 19.4 Å². The van der Waals surface area contributed by atoms with Crippen molar-refractivity contribution in [2.24, 2.45) is 5.92 Å². The van der Waals surface area contributed by atoms with Crippen molar-refractivity contribution in [3.05, 3.63) is 82.7 Å². The van der Waals surface area contributed by atoms with Crippen molar-refractivity contribution in [1.29, 1.82) is 0 Å². The van der Waals surface area contributed by atoms with E-state index in [9.17, 15) is 19.7 Å². The Morgan fingerprint density at radius 1 is 1.09 bits per heavy atom. The zero-order valence-corrected chi connectivity index (χ0v) is 19.1. The summed E-state index contributed by atoms with van der Waals surface area (Å²) >= 11 is 0. The van der Waals surface area contributed by atoms with Crippen molar-refractivity contribution in [1.82, 2.24) is 4.98 Å². The molecule has 10 heteroatoms. The third-order valence-corrected chi connectivity index (χ3v) is 5.93. The van der Waals surface area contributed by atoms with E-state index >= 15 is 0 Å². The van der Waals surface area contributed by atoms with E-state index in [0.717, 1.165) is 0 Å². The fourth-order valence-corrected chi connectivity index (χ4v) is 4.08. The summed E-state index contributed by atoms with van der Waals surface area (Å²) in [5.74, 6) is -0.253. The van der Waals surface area contributed by atoms with Crippen LogP contribution in [0.4, 0.5) is 22.7 Å². The molecule has 1 saturated heterocycles. The Bertz CT molecular complexity index is 1230. The van der Waals surface area contributed by atoms with E-state index in [1.807, 2.05) is 4.90 Å². The molecule has 1 fully saturated rings. The van der Waals surface area contributed by atoms with Gasteiger partial charge in [0, 0.05) is 49.2 Å². The Balaban J connectivity index is 1.37. The summed E-state index contributed by atoms with van der Waals surface area (Å²) in [6.07, 6.45) is 4.21. The van der Waals surface area contributed by atoms with Gasteiger partial charge in [0.25, 0.3) is 11.6 Å². The third kappa shape index (κ3) is 5.55. The Labute approximate surface area is 202 Å². The van der Waals surface area contributed by atoms with Crippen LogP contribution < -0.4 is 20.3 Å². The van der Waals surface area contributed by atoms with Gasteiger partial charge in [-0.3, -0.25) is 24.7 Å². The van der Waals surface area contributed by atoms with Crippen molar-refractivity contribution >= 4 is 34.6 Å². The molecular formula is C25H25N5O5. The summed E-state index contributed by atoms with van der Waals surface area (Å²) in [4.78, 5) is 42.1. The second-order valence-electron chi connectivity index (χ2n) is 8.11. The first-order chi connectivity index (χ1) is 17.0. The smallest absolute Gasteiger partial charge is 0.292 e. The lowest BCUT2D eigenvalue weighted by atomic mass is 9.95. The lowest BCUT2D eigenvalue weighted by Gasteiger charge is -2.32. The quantitative estimate of drug-likeness (QED) is 0.389. The van der Waals surface area contributed by atoms with Crippen LogP contribution in [0.25, 0.3) is 0 Å². The van der Waals surface area contributed by atoms with E-state index in [0.29, 0.717) is 54.3 Å². The molecule has 1 aliphatic rings. The highest BCUT2D eigenvalue weighted by molar-refractivity contribution is 6.05. The number of methoxy groups -OCH3 is 1. The highest BCUT2D eigenvalue weighted by Crippen LogP contribution is 2.32. The standard InChI is InChI=1S/C25H25N5O5/c1-35-23-15-19(8-9-20(23)28-25(32)18-5-4-12-26-16-18)27-24(31)17-10-13-29(14-11-17)21-6-2-3-7-22(21)30(33)34/h2-9,12,15-17H,10-11,13-14H2,1H3,(H,27,31)(H,28,32). The normalized spacial score (nSPS) is 13.7. The molecule has 180 valence electrons. The molecule has 2 N–H and O–H groups in total. The molecule has 0 saturated carbocycles. The van der Waals surface area contributed by atoms with Crippen molar-refractivity contribution < 1.29 is 19.2 Å². The molecule has 1 aromatic heterocycles. The number of rotatable bonds is 7. The number of nitrogens with zero attached hydrogens (tertiary/aromatic N) is 3. The summed E-state index contributed by atoms with van der Waals surface area (Å²) in [5, 5.41) is 17.0. The molecule has 0 radical (unpaired) electrons. The van der Waals surface area contributed by atoms with Gasteiger partial charge in [0.1, 0.15) is 11.4 Å². The zero-order chi connectivity index (χ0) is 24.8. The summed E-state index contributed by atoms with van der Waals surface area (Å²) in [7, 11) is 1.49. The highest BCUT2D eigenvalue weighted by atomic mass is 16.6. The minimum absolute atomic E-state index is 0.0678. The number of nitrogens with one attached hydrogen (secondary N) is 2. The van der Waals surface area contributed by atoms with Gasteiger partial charge in [0.05, 0.1) is 23.3 Å². The number of nitro groups is 1. The number of nitro benzene ring substituents is 1. The molecule has 4 rings (SSSR count). The summed E-state index contributed by atoms with van der Waals surface area (Å²) < 4.78 is 5.40. The third-order valence-electron chi connectivity index (χ3n) is 5.93. The lowest BCUT2D eigenvalue weighted by Crippen LogP contribution is -2.38.